The molecule has 4 nitrogen and oxygen atoms in total. The zero-order valence-electron chi connectivity index (χ0n) is 9.36. The minimum atomic E-state index is 0.0455. The quantitative estimate of drug-likeness (QED) is 0.487. The van der Waals surface area contributed by atoms with E-state index in [1.54, 1.807) is 18.2 Å². The molecule has 0 spiro atoms. The fourth-order valence-electron chi connectivity index (χ4n) is 1.29. The van der Waals surface area contributed by atoms with Gasteiger partial charge in [0.1, 0.15) is 6.07 Å². The lowest BCUT2D eigenvalue weighted by Crippen LogP contribution is -1.92. The third kappa shape index (κ3) is 3.08. The Hall–Kier alpha value is -1.80. The highest BCUT2D eigenvalue weighted by Crippen LogP contribution is 2.36. The van der Waals surface area contributed by atoms with Crippen LogP contribution in [0.4, 0.5) is 0 Å². The van der Waals surface area contributed by atoms with Gasteiger partial charge in [0.15, 0.2) is 17.8 Å². The van der Waals surface area contributed by atoms with Crippen molar-refractivity contribution >= 4 is 28.3 Å². The van der Waals surface area contributed by atoms with Gasteiger partial charge in [0, 0.05) is 0 Å². The predicted octanol–water partition coefficient (Wildman–Crippen LogP) is 2.57. The lowest BCUT2D eigenvalue weighted by atomic mass is 10.1. The third-order valence-electron chi connectivity index (χ3n) is 2.03. The van der Waals surface area contributed by atoms with Gasteiger partial charge in [0.25, 0.3) is 0 Å². The summed E-state index contributed by atoms with van der Waals surface area (Å²) in [4.78, 5) is 10.5. The Kier molecular flexibility index (Phi) is 4.73. The van der Waals surface area contributed by atoms with Crippen LogP contribution in [0.1, 0.15) is 5.56 Å². The van der Waals surface area contributed by atoms with Crippen LogP contribution in [0.5, 0.6) is 11.5 Å². The summed E-state index contributed by atoms with van der Waals surface area (Å²) in [6.07, 6.45) is 1.98. The number of rotatable bonds is 4. The second kappa shape index (κ2) is 6.06. The zero-order valence-corrected chi connectivity index (χ0v) is 10.9. The molecule has 0 radical (unpaired) electrons. The summed E-state index contributed by atoms with van der Waals surface area (Å²) in [5.74, 6) is 1.09. The van der Waals surface area contributed by atoms with Crippen LogP contribution in [0, 0.1) is 11.3 Å². The van der Waals surface area contributed by atoms with Crippen LogP contribution in [0.25, 0.3) is 6.08 Å². The molecule has 1 aromatic carbocycles. The van der Waals surface area contributed by atoms with Crippen molar-refractivity contribution in [2.45, 2.75) is 0 Å². The molecule has 0 unspecified atom stereocenters. The molecule has 0 heterocycles. The molecule has 0 N–H and O–H groups in total. The van der Waals surface area contributed by atoms with Gasteiger partial charge in [-0.15, -0.1) is 0 Å². The number of nitrogens with zero attached hydrogens (tertiary/aromatic N) is 1. The second-order valence-electron chi connectivity index (χ2n) is 3.07. The minimum Gasteiger partial charge on any atom is -0.493 e. The first-order valence-electron chi connectivity index (χ1n) is 4.64. The average molecular weight is 296 g/mol. The van der Waals surface area contributed by atoms with E-state index < -0.39 is 0 Å². The maximum Gasteiger partial charge on any atom is 0.174 e. The Bertz CT molecular complexity index is 503. The minimum absolute atomic E-state index is 0.0455. The number of carbonyl (C=O) groups excluding carboxylic acids is 1. The molecule has 0 aromatic heterocycles. The van der Waals surface area contributed by atoms with Gasteiger partial charge in [-0.2, -0.15) is 5.26 Å². The van der Waals surface area contributed by atoms with Gasteiger partial charge in [0.05, 0.1) is 24.3 Å². The number of carbonyl (C=O) groups is 1. The number of halogens is 1. The Morgan fingerprint density at radius 3 is 2.59 bits per heavy atom. The standard InChI is InChI=1S/C12H10BrNO3/c1-16-11-5-8(3-9(6-14)7-15)4-10(13)12(11)17-2/h3-5,7H,1-2H3. The van der Waals surface area contributed by atoms with E-state index in [1.807, 2.05) is 0 Å². The van der Waals surface area contributed by atoms with Gasteiger partial charge in [-0.1, -0.05) is 0 Å². The summed E-state index contributed by atoms with van der Waals surface area (Å²) in [6.45, 7) is 0. The largest absolute Gasteiger partial charge is 0.493 e. The monoisotopic (exact) mass is 295 g/mol. The molecule has 0 bridgehead atoms. The lowest BCUT2D eigenvalue weighted by molar-refractivity contribution is -0.104. The number of nitriles is 1. The molecule has 0 aliphatic heterocycles. The SMILES string of the molecule is COc1cc(C=C(C#N)C=O)cc(Br)c1OC. The molecule has 0 saturated heterocycles. The van der Waals surface area contributed by atoms with Crippen molar-refractivity contribution < 1.29 is 14.3 Å². The normalized spacial score (nSPS) is 10.6. The van der Waals surface area contributed by atoms with Crippen LogP contribution >= 0.6 is 15.9 Å². The molecule has 0 saturated carbocycles. The van der Waals surface area contributed by atoms with E-state index in [-0.39, 0.29) is 5.57 Å². The fraction of sp³-hybridized carbons (Fsp3) is 0.167. The molecular weight excluding hydrogens is 286 g/mol. The smallest absolute Gasteiger partial charge is 0.174 e. The molecule has 0 atom stereocenters. The Morgan fingerprint density at radius 2 is 2.12 bits per heavy atom. The second-order valence-corrected chi connectivity index (χ2v) is 3.92. The number of aldehydes is 1. The van der Waals surface area contributed by atoms with Crippen LogP contribution in [-0.2, 0) is 4.79 Å². The van der Waals surface area contributed by atoms with Crippen molar-refractivity contribution in [2.75, 3.05) is 14.2 Å². The van der Waals surface area contributed by atoms with Crippen molar-refractivity contribution in [2.24, 2.45) is 0 Å². The topological polar surface area (TPSA) is 59.3 Å². The van der Waals surface area contributed by atoms with E-state index in [0.29, 0.717) is 27.8 Å². The maximum atomic E-state index is 10.5. The fourth-order valence-corrected chi connectivity index (χ4v) is 1.92. The number of allylic oxidation sites excluding steroid dienone is 1. The Morgan fingerprint density at radius 1 is 1.41 bits per heavy atom. The lowest BCUT2D eigenvalue weighted by Gasteiger charge is -2.10. The molecule has 1 aromatic rings. The molecule has 0 aliphatic carbocycles. The van der Waals surface area contributed by atoms with Gasteiger partial charge >= 0.3 is 0 Å². The first kappa shape index (κ1) is 13.3. The summed E-state index contributed by atoms with van der Waals surface area (Å²) in [5, 5.41) is 8.67. The molecule has 5 heteroatoms. The van der Waals surface area contributed by atoms with Crippen molar-refractivity contribution in [3.05, 3.63) is 27.7 Å². The van der Waals surface area contributed by atoms with E-state index in [1.165, 1.54) is 20.3 Å². The molecule has 0 fully saturated rings. The summed E-state index contributed by atoms with van der Waals surface area (Å²) in [5.41, 5.74) is 0.724. The summed E-state index contributed by atoms with van der Waals surface area (Å²) >= 11 is 3.33. The number of ether oxygens (including phenoxy) is 2. The van der Waals surface area contributed by atoms with Crippen LogP contribution in [0.2, 0.25) is 0 Å². The number of hydrogen-bond acceptors (Lipinski definition) is 4. The van der Waals surface area contributed by atoms with Crippen LogP contribution in [0.15, 0.2) is 22.2 Å². The van der Waals surface area contributed by atoms with Gasteiger partial charge in [-0.05, 0) is 39.7 Å². The highest BCUT2D eigenvalue weighted by molar-refractivity contribution is 9.10. The third-order valence-corrected chi connectivity index (χ3v) is 2.62. The summed E-state index contributed by atoms with van der Waals surface area (Å²) in [7, 11) is 3.05. The highest BCUT2D eigenvalue weighted by Gasteiger charge is 2.09. The Labute approximate surface area is 108 Å². The van der Waals surface area contributed by atoms with E-state index in [2.05, 4.69) is 15.9 Å². The van der Waals surface area contributed by atoms with Crippen molar-refractivity contribution in [1.29, 1.82) is 5.26 Å². The zero-order chi connectivity index (χ0) is 12.8. The average Bonchev–Trinajstić information content (AvgIpc) is 2.35. The van der Waals surface area contributed by atoms with Crippen molar-refractivity contribution in [1.82, 2.24) is 0 Å². The number of hydrogen-bond donors (Lipinski definition) is 0. The molecule has 88 valence electrons. The highest BCUT2D eigenvalue weighted by atomic mass is 79.9. The first-order valence-corrected chi connectivity index (χ1v) is 5.44. The van der Waals surface area contributed by atoms with Gasteiger partial charge in [0.2, 0.25) is 0 Å². The number of benzene rings is 1. The molecule has 1 rings (SSSR count). The van der Waals surface area contributed by atoms with E-state index in [4.69, 9.17) is 14.7 Å². The van der Waals surface area contributed by atoms with Crippen molar-refractivity contribution in [3.8, 4) is 17.6 Å². The molecule has 17 heavy (non-hydrogen) atoms. The first-order chi connectivity index (χ1) is 8.15. The van der Waals surface area contributed by atoms with Crippen molar-refractivity contribution in [3.63, 3.8) is 0 Å². The Balaban J connectivity index is 3.30. The van der Waals surface area contributed by atoms with E-state index >= 15 is 0 Å². The maximum absolute atomic E-state index is 10.5. The van der Waals surface area contributed by atoms with Crippen LogP contribution in [-0.4, -0.2) is 20.5 Å². The molecule has 0 aliphatic rings. The molecular formula is C12H10BrNO3. The van der Waals surface area contributed by atoms with E-state index in [9.17, 15) is 4.79 Å². The van der Waals surface area contributed by atoms with Crippen LogP contribution in [0.3, 0.4) is 0 Å². The summed E-state index contributed by atoms with van der Waals surface area (Å²) < 4.78 is 11.0. The van der Waals surface area contributed by atoms with Gasteiger partial charge < -0.3 is 9.47 Å². The predicted molar refractivity (Wildman–Crippen MR) is 66.9 cm³/mol. The van der Waals surface area contributed by atoms with Crippen LogP contribution < -0.4 is 9.47 Å². The van der Waals surface area contributed by atoms with E-state index in [0.717, 1.165) is 0 Å². The molecule has 0 amide bonds. The summed E-state index contributed by atoms with van der Waals surface area (Å²) in [6, 6.07) is 5.21. The van der Waals surface area contributed by atoms with Gasteiger partial charge in [-0.3, -0.25) is 4.79 Å². The number of methoxy groups -OCH3 is 2. The van der Waals surface area contributed by atoms with Gasteiger partial charge in [-0.25, -0.2) is 0 Å².